The lowest BCUT2D eigenvalue weighted by molar-refractivity contribution is -0.115. The van der Waals surface area contributed by atoms with Crippen molar-refractivity contribution in [3.8, 4) is 0 Å². The van der Waals surface area contributed by atoms with Gasteiger partial charge in [-0.3, -0.25) is 4.79 Å². The fourth-order valence-corrected chi connectivity index (χ4v) is 4.14. The van der Waals surface area contributed by atoms with Crippen molar-refractivity contribution >= 4 is 52.1 Å². The van der Waals surface area contributed by atoms with Crippen molar-refractivity contribution in [2.24, 2.45) is 0 Å². The highest BCUT2D eigenvalue weighted by atomic mass is 32.2. The molecule has 2 rings (SSSR count). The van der Waals surface area contributed by atoms with Gasteiger partial charge < -0.3 is 11.1 Å². The van der Waals surface area contributed by atoms with Gasteiger partial charge in [-0.2, -0.15) is 0 Å². The second kappa shape index (κ2) is 7.15. The summed E-state index contributed by atoms with van der Waals surface area (Å²) < 4.78 is 1.70. The Labute approximate surface area is 136 Å². The number of nitrogens with one attached hydrogen (secondary N) is 1. The fraction of sp³-hybridized carbons (Fsp3) is 0.308. The Morgan fingerprint density at radius 1 is 1.38 bits per heavy atom. The number of nitrogens with two attached hydrogens (primary N) is 1. The molecule has 2 aromatic rings. The number of carbonyl (C=O) groups excluding carboxylic acids is 1. The molecule has 0 bridgehead atoms. The lowest BCUT2D eigenvalue weighted by atomic mass is 10.1. The van der Waals surface area contributed by atoms with Crippen molar-refractivity contribution in [2.75, 3.05) is 17.3 Å². The first-order chi connectivity index (χ1) is 10.0. The van der Waals surface area contributed by atoms with Crippen LogP contribution in [0.3, 0.4) is 0 Å². The van der Waals surface area contributed by atoms with E-state index in [4.69, 9.17) is 5.73 Å². The van der Waals surface area contributed by atoms with Gasteiger partial charge in [0.1, 0.15) is 0 Å². The third kappa shape index (κ3) is 4.12. The number of thioether (sulfide) groups is 2. The molecular weight excluding hydrogens is 324 g/mol. The van der Waals surface area contributed by atoms with Crippen LogP contribution in [0, 0.1) is 6.92 Å². The second-order valence-corrected chi connectivity index (χ2v) is 7.93. The summed E-state index contributed by atoms with van der Waals surface area (Å²) >= 11 is 4.45. The van der Waals surface area contributed by atoms with E-state index in [1.807, 2.05) is 38.3 Å². The number of hydrogen-bond acceptors (Lipinski definition) is 7. The van der Waals surface area contributed by atoms with Crippen LogP contribution in [-0.4, -0.2) is 27.6 Å². The highest BCUT2D eigenvalue weighted by Crippen LogP contribution is 2.31. The smallest absolute Gasteiger partial charge is 0.237 e. The summed E-state index contributed by atoms with van der Waals surface area (Å²) in [7, 11) is 0. The maximum Gasteiger partial charge on any atom is 0.237 e. The number of hydrogen-bond donors (Lipinski definition) is 2. The largest absolute Gasteiger partial charge is 0.398 e. The topological polar surface area (TPSA) is 80.9 Å². The van der Waals surface area contributed by atoms with E-state index in [9.17, 15) is 4.79 Å². The molecule has 0 saturated carbocycles. The van der Waals surface area contributed by atoms with E-state index in [0.717, 1.165) is 19.9 Å². The molecule has 0 aliphatic rings. The quantitative estimate of drug-likeness (QED) is 0.642. The molecule has 1 aromatic heterocycles. The number of amides is 1. The first-order valence-corrected chi connectivity index (χ1v) is 9.13. The van der Waals surface area contributed by atoms with Crippen LogP contribution >= 0.6 is 34.9 Å². The third-order valence-electron chi connectivity index (χ3n) is 2.84. The summed E-state index contributed by atoms with van der Waals surface area (Å²) in [5.74, 6) is -0.0744. The number of anilines is 2. The Morgan fingerprint density at radius 2 is 2.10 bits per heavy atom. The van der Waals surface area contributed by atoms with Crippen molar-refractivity contribution in [1.82, 2.24) is 10.2 Å². The number of nitrogens with zero attached hydrogens (tertiary/aromatic N) is 2. The molecule has 1 unspecified atom stereocenters. The van der Waals surface area contributed by atoms with Crippen LogP contribution in [0.2, 0.25) is 0 Å². The van der Waals surface area contributed by atoms with E-state index >= 15 is 0 Å². The predicted molar refractivity (Wildman–Crippen MR) is 91.2 cm³/mol. The number of rotatable bonds is 5. The van der Waals surface area contributed by atoms with E-state index in [1.54, 1.807) is 11.8 Å². The van der Waals surface area contributed by atoms with Crippen LogP contribution in [0.1, 0.15) is 12.5 Å². The van der Waals surface area contributed by atoms with Crippen LogP contribution in [0.4, 0.5) is 11.4 Å². The summed E-state index contributed by atoms with van der Waals surface area (Å²) in [5, 5.41) is 10.7. The van der Waals surface area contributed by atoms with Crippen LogP contribution in [0.15, 0.2) is 26.9 Å². The van der Waals surface area contributed by atoms with E-state index < -0.39 is 0 Å². The van der Waals surface area contributed by atoms with Gasteiger partial charge in [-0.05, 0) is 37.8 Å². The minimum absolute atomic E-state index is 0.0744. The average molecular weight is 340 g/mol. The van der Waals surface area contributed by atoms with Gasteiger partial charge in [-0.15, -0.1) is 10.2 Å². The van der Waals surface area contributed by atoms with Gasteiger partial charge in [0.05, 0.1) is 5.25 Å². The number of aromatic nitrogens is 2. The molecule has 1 aromatic carbocycles. The highest BCUT2D eigenvalue weighted by molar-refractivity contribution is 8.03. The monoisotopic (exact) mass is 340 g/mol. The molecule has 1 amide bonds. The van der Waals surface area contributed by atoms with Gasteiger partial charge in [0, 0.05) is 11.4 Å². The average Bonchev–Trinajstić information content (AvgIpc) is 2.91. The Bertz CT molecular complexity index is 644. The van der Waals surface area contributed by atoms with Crippen LogP contribution in [0.25, 0.3) is 0 Å². The van der Waals surface area contributed by atoms with Crippen LogP contribution < -0.4 is 11.1 Å². The summed E-state index contributed by atoms with van der Waals surface area (Å²) in [4.78, 5) is 12.2. The lowest BCUT2D eigenvalue weighted by Gasteiger charge is -2.13. The zero-order chi connectivity index (χ0) is 15.4. The van der Waals surface area contributed by atoms with Gasteiger partial charge in [0.15, 0.2) is 8.68 Å². The molecule has 5 nitrogen and oxygen atoms in total. The molecule has 21 heavy (non-hydrogen) atoms. The Hall–Kier alpha value is -1.25. The minimum atomic E-state index is -0.256. The molecule has 0 fully saturated rings. The van der Waals surface area contributed by atoms with Crippen molar-refractivity contribution in [1.29, 1.82) is 0 Å². The van der Waals surface area contributed by atoms with Gasteiger partial charge in [0.25, 0.3) is 0 Å². The summed E-state index contributed by atoms with van der Waals surface area (Å²) in [5.41, 5.74) is 8.13. The van der Waals surface area contributed by atoms with Crippen molar-refractivity contribution < 1.29 is 4.79 Å². The normalized spacial score (nSPS) is 12.1. The zero-order valence-electron chi connectivity index (χ0n) is 11.9. The summed E-state index contributed by atoms with van der Waals surface area (Å²) in [6.07, 6.45) is 1.95. The van der Waals surface area contributed by atoms with E-state index in [2.05, 4.69) is 15.5 Å². The van der Waals surface area contributed by atoms with Gasteiger partial charge >= 0.3 is 0 Å². The fourth-order valence-electron chi connectivity index (χ4n) is 1.56. The predicted octanol–water partition coefficient (Wildman–Crippen LogP) is 3.27. The minimum Gasteiger partial charge on any atom is -0.398 e. The second-order valence-electron chi connectivity index (χ2n) is 4.31. The van der Waals surface area contributed by atoms with Crippen molar-refractivity contribution in [3.63, 3.8) is 0 Å². The Morgan fingerprint density at radius 3 is 2.76 bits per heavy atom. The first-order valence-electron chi connectivity index (χ1n) is 6.21. The molecule has 3 N–H and O–H groups in total. The molecule has 0 spiro atoms. The van der Waals surface area contributed by atoms with Crippen LogP contribution in [0.5, 0.6) is 0 Å². The van der Waals surface area contributed by atoms with Crippen molar-refractivity contribution in [3.05, 3.63) is 23.8 Å². The maximum atomic E-state index is 12.2. The molecule has 0 radical (unpaired) electrons. The SMILES string of the molecule is CSc1nnc(SC(C)C(=O)Nc2cccc(N)c2C)s1. The Balaban J connectivity index is 2.00. The first kappa shape index (κ1) is 16.1. The summed E-state index contributed by atoms with van der Waals surface area (Å²) in [6.45, 7) is 3.74. The molecule has 1 atom stereocenters. The van der Waals surface area contributed by atoms with Gasteiger partial charge in [0.2, 0.25) is 5.91 Å². The van der Waals surface area contributed by atoms with E-state index in [1.165, 1.54) is 23.1 Å². The Kier molecular flexibility index (Phi) is 5.49. The zero-order valence-corrected chi connectivity index (χ0v) is 14.4. The molecule has 0 aliphatic carbocycles. The van der Waals surface area contributed by atoms with E-state index in [0.29, 0.717) is 5.69 Å². The molecular formula is C13H16N4OS3. The molecule has 1 heterocycles. The molecule has 8 heteroatoms. The molecule has 112 valence electrons. The summed E-state index contributed by atoms with van der Waals surface area (Å²) in [6, 6.07) is 5.48. The third-order valence-corrected chi connectivity index (χ3v) is 5.93. The lowest BCUT2D eigenvalue weighted by Crippen LogP contribution is -2.22. The molecule has 0 saturated heterocycles. The molecule has 0 aliphatic heterocycles. The number of nitrogen functional groups attached to an aromatic ring is 1. The van der Waals surface area contributed by atoms with E-state index in [-0.39, 0.29) is 11.2 Å². The van der Waals surface area contributed by atoms with Gasteiger partial charge in [-0.1, -0.05) is 40.9 Å². The maximum absolute atomic E-state index is 12.2. The van der Waals surface area contributed by atoms with Crippen LogP contribution in [-0.2, 0) is 4.79 Å². The van der Waals surface area contributed by atoms with Gasteiger partial charge in [-0.25, -0.2) is 0 Å². The number of benzene rings is 1. The number of carbonyl (C=O) groups is 1. The van der Waals surface area contributed by atoms with Crippen molar-refractivity contribution in [2.45, 2.75) is 27.8 Å². The standard InChI is InChI=1S/C13H16N4OS3/c1-7-9(14)5-4-6-10(7)15-11(18)8(2)20-13-17-16-12(19-3)21-13/h4-6,8H,14H2,1-3H3,(H,15,18). The highest BCUT2D eigenvalue weighted by Gasteiger charge is 2.18.